The van der Waals surface area contributed by atoms with E-state index in [1.807, 2.05) is 20.9 Å². The topological polar surface area (TPSA) is 61.3 Å². The zero-order chi connectivity index (χ0) is 12.4. The van der Waals surface area contributed by atoms with Crippen molar-refractivity contribution in [3.63, 3.8) is 0 Å². The number of hydrogen-bond acceptors (Lipinski definition) is 5. The highest BCUT2D eigenvalue weighted by molar-refractivity contribution is 5.58. The summed E-state index contributed by atoms with van der Waals surface area (Å²) in [6, 6.07) is 0. The van der Waals surface area contributed by atoms with Gasteiger partial charge in [-0.25, -0.2) is 9.97 Å². The smallest absolute Gasteiger partial charge is 0.137 e. The lowest BCUT2D eigenvalue weighted by Crippen LogP contribution is -2.23. The Kier molecular flexibility index (Phi) is 3.47. The largest absolute Gasteiger partial charge is 0.396 e. The van der Waals surface area contributed by atoms with Crippen molar-refractivity contribution in [2.75, 3.05) is 37.0 Å². The number of aromatic nitrogens is 2. The summed E-state index contributed by atoms with van der Waals surface area (Å²) in [6.07, 6.45) is 1.04. The number of nitrogens with zero attached hydrogens (tertiary/aromatic N) is 3. The molecule has 2 rings (SSSR count). The van der Waals surface area contributed by atoms with Gasteiger partial charge in [0.15, 0.2) is 0 Å². The molecule has 0 saturated carbocycles. The lowest BCUT2D eigenvalue weighted by Gasteiger charge is -2.21. The van der Waals surface area contributed by atoms with Gasteiger partial charge in [0, 0.05) is 38.2 Å². The van der Waals surface area contributed by atoms with Gasteiger partial charge in [-0.1, -0.05) is 0 Å². The van der Waals surface area contributed by atoms with Crippen molar-refractivity contribution < 1.29 is 5.11 Å². The molecule has 5 nitrogen and oxygen atoms in total. The number of anilines is 2. The first-order chi connectivity index (χ1) is 8.15. The van der Waals surface area contributed by atoms with Crippen molar-refractivity contribution in [2.24, 2.45) is 5.92 Å². The van der Waals surface area contributed by atoms with Crippen LogP contribution in [0.5, 0.6) is 0 Å². The lowest BCUT2D eigenvalue weighted by atomic mass is 10.1. The summed E-state index contributed by atoms with van der Waals surface area (Å²) in [5, 5.41) is 12.3. The predicted octanol–water partition coefficient (Wildman–Crippen LogP) is 0.954. The maximum Gasteiger partial charge on any atom is 0.137 e. The Hall–Kier alpha value is -1.36. The van der Waals surface area contributed by atoms with Crippen LogP contribution in [0.25, 0.3) is 0 Å². The third kappa shape index (κ3) is 2.34. The van der Waals surface area contributed by atoms with Crippen molar-refractivity contribution in [1.29, 1.82) is 0 Å². The fourth-order valence-corrected chi connectivity index (χ4v) is 2.34. The second kappa shape index (κ2) is 4.87. The van der Waals surface area contributed by atoms with E-state index < -0.39 is 0 Å². The molecule has 2 N–H and O–H groups in total. The molecule has 94 valence electrons. The van der Waals surface area contributed by atoms with Crippen molar-refractivity contribution in [1.82, 2.24) is 9.97 Å². The Morgan fingerprint density at radius 3 is 2.76 bits per heavy atom. The van der Waals surface area contributed by atoms with Crippen molar-refractivity contribution in [2.45, 2.75) is 20.3 Å². The Balaban J connectivity index is 2.29. The fraction of sp³-hybridized carbons (Fsp3) is 0.667. The average Bonchev–Trinajstić information content (AvgIpc) is 2.80. The number of aryl methyl sites for hydroxylation is 1. The molecule has 1 unspecified atom stereocenters. The highest BCUT2D eigenvalue weighted by Gasteiger charge is 2.25. The van der Waals surface area contributed by atoms with Gasteiger partial charge in [-0.05, 0) is 20.3 Å². The van der Waals surface area contributed by atoms with Gasteiger partial charge >= 0.3 is 0 Å². The third-order valence-electron chi connectivity index (χ3n) is 3.31. The molecule has 0 aromatic carbocycles. The molecule has 2 heterocycles. The molecule has 1 atom stereocenters. The maximum absolute atomic E-state index is 9.18. The van der Waals surface area contributed by atoms with E-state index in [0.717, 1.165) is 42.5 Å². The van der Waals surface area contributed by atoms with Crippen molar-refractivity contribution >= 4 is 11.6 Å². The van der Waals surface area contributed by atoms with Gasteiger partial charge in [-0.15, -0.1) is 0 Å². The van der Waals surface area contributed by atoms with Crippen LogP contribution in [-0.4, -0.2) is 41.8 Å². The first kappa shape index (κ1) is 12.1. The Morgan fingerprint density at radius 2 is 2.18 bits per heavy atom. The number of hydrogen-bond donors (Lipinski definition) is 2. The van der Waals surface area contributed by atoms with Gasteiger partial charge in [0.1, 0.15) is 17.5 Å². The van der Waals surface area contributed by atoms with Gasteiger partial charge in [-0.3, -0.25) is 0 Å². The van der Waals surface area contributed by atoms with E-state index in [1.165, 1.54) is 0 Å². The summed E-state index contributed by atoms with van der Waals surface area (Å²) in [6.45, 7) is 6.05. The molecule has 1 aliphatic heterocycles. The standard InChI is InChI=1S/C12H20N4O/c1-8-11(13-3)14-9(2)15-12(8)16-5-4-10(6-16)7-17/h10,17H,4-7H2,1-3H3,(H,13,14,15). The maximum atomic E-state index is 9.18. The third-order valence-corrected chi connectivity index (χ3v) is 3.31. The molecule has 17 heavy (non-hydrogen) atoms. The zero-order valence-corrected chi connectivity index (χ0v) is 10.7. The van der Waals surface area contributed by atoms with Crippen LogP contribution in [0.3, 0.4) is 0 Å². The van der Waals surface area contributed by atoms with E-state index in [2.05, 4.69) is 20.2 Å². The Bertz CT molecular complexity index is 408. The molecule has 1 aromatic heterocycles. The SMILES string of the molecule is CNc1nc(C)nc(N2CCC(CO)C2)c1C. The molecule has 1 saturated heterocycles. The van der Waals surface area contributed by atoms with Gasteiger partial charge in [0.25, 0.3) is 0 Å². The van der Waals surface area contributed by atoms with Crippen LogP contribution in [0.1, 0.15) is 17.8 Å². The minimum absolute atomic E-state index is 0.262. The predicted molar refractivity (Wildman–Crippen MR) is 68.5 cm³/mol. The minimum atomic E-state index is 0.262. The van der Waals surface area contributed by atoms with E-state index in [-0.39, 0.29) is 6.61 Å². The second-order valence-electron chi connectivity index (χ2n) is 4.60. The summed E-state index contributed by atoms with van der Waals surface area (Å²) in [5.74, 6) is 3.04. The quantitative estimate of drug-likeness (QED) is 0.818. The summed E-state index contributed by atoms with van der Waals surface area (Å²) in [5.41, 5.74) is 1.08. The second-order valence-corrected chi connectivity index (χ2v) is 4.60. The molecule has 0 aliphatic carbocycles. The number of aliphatic hydroxyl groups excluding tert-OH is 1. The minimum Gasteiger partial charge on any atom is -0.396 e. The molecule has 0 spiro atoms. The van der Waals surface area contributed by atoms with Gasteiger partial charge in [-0.2, -0.15) is 0 Å². The molecular weight excluding hydrogens is 216 g/mol. The first-order valence-corrected chi connectivity index (χ1v) is 6.04. The number of aliphatic hydroxyl groups is 1. The normalized spacial score (nSPS) is 19.8. The molecule has 5 heteroatoms. The van der Waals surface area contributed by atoms with Crippen molar-refractivity contribution in [3.05, 3.63) is 11.4 Å². The summed E-state index contributed by atoms with van der Waals surface area (Å²) in [7, 11) is 1.87. The fourth-order valence-electron chi connectivity index (χ4n) is 2.34. The molecule has 0 radical (unpaired) electrons. The van der Waals surface area contributed by atoms with Crippen LogP contribution in [0.2, 0.25) is 0 Å². The van der Waals surface area contributed by atoms with Crippen LogP contribution < -0.4 is 10.2 Å². The molecular formula is C12H20N4O. The molecule has 1 fully saturated rings. The van der Waals surface area contributed by atoms with Crippen LogP contribution in [-0.2, 0) is 0 Å². The van der Waals surface area contributed by atoms with Gasteiger partial charge in [0.2, 0.25) is 0 Å². The van der Waals surface area contributed by atoms with Gasteiger partial charge < -0.3 is 15.3 Å². The molecule has 0 bridgehead atoms. The van der Waals surface area contributed by atoms with Gasteiger partial charge in [0.05, 0.1) is 0 Å². The van der Waals surface area contributed by atoms with E-state index in [1.54, 1.807) is 0 Å². The number of nitrogens with one attached hydrogen (secondary N) is 1. The summed E-state index contributed by atoms with van der Waals surface area (Å²) < 4.78 is 0. The van der Waals surface area contributed by atoms with Crippen molar-refractivity contribution in [3.8, 4) is 0 Å². The average molecular weight is 236 g/mol. The van der Waals surface area contributed by atoms with E-state index in [9.17, 15) is 5.11 Å². The van der Waals surface area contributed by atoms with E-state index in [4.69, 9.17) is 0 Å². The van der Waals surface area contributed by atoms with E-state index >= 15 is 0 Å². The number of rotatable bonds is 3. The zero-order valence-electron chi connectivity index (χ0n) is 10.7. The Morgan fingerprint density at radius 1 is 1.41 bits per heavy atom. The highest BCUT2D eigenvalue weighted by atomic mass is 16.3. The monoisotopic (exact) mass is 236 g/mol. The summed E-state index contributed by atoms with van der Waals surface area (Å²) in [4.78, 5) is 11.1. The molecule has 1 aliphatic rings. The molecule has 0 amide bonds. The summed E-state index contributed by atoms with van der Waals surface area (Å²) >= 11 is 0. The van der Waals surface area contributed by atoms with Crippen LogP contribution in [0, 0.1) is 19.8 Å². The lowest BCUT2D eigenvalue weighted by molar-refractivity contribution is 0.238. The molecule has 1 aromatic rings. The van der Waals surface area contributed by atoms with Crippen LogP contribution >= 0.6 is 0 Å². The van der Waals surface area contributed by atoms with Crippen LogP contribution in [0.15, 0.2) is 0 Å². The Labute approximate surface area is 102 Å². The highest BCUT2D eigenvalue weighted by Crippen LogP contribution is 2.27. The first-order valence-electron chi connectivity index (χ1n) is 6.04. The van der Waals surface area contributed by atoms with Crippen LogP contribution in [0.4, 0.5) is 11.6 Å². The van der Waals surface area contributed by atoms with E-state index in [0.29, 0.717) is 5.92 Å².